The van der Waals surface area contributed by atoms with Crippen LogP contribution in [0.15, 0.2) is 71.6 Å². The van der Waals surface area contributed by atoms with Crippen molar-refractivity contribution in [3.63, 3.8) is 0 Å². The highest BCUT2D eigenvalue weighted by molar-refractivity contribution is 7.92. The van der Waals surface area contributed by atoms with Crippen molar-refractivity contribution in [2.45, 2.75) is 63.7 Å². The van der Waals surface area contributed by atoms with E-state index in [4.69, 9.17) is 23.2 Å². The molecule has 1 N–H and O–H groups in total. The Labute approximate surface area is 266 Å². The molecule has 3 aromatic carbocycles. The molecule has 0 aliphatic heterocycles. The number of halogens is 5. The quantitative estimate of drug-likeness (QED) is 0.194. The number of sulfonamides is 1. The van der Waals surface area contributed by atoms with Gasteiger partial charge in [0, 0.05) is 23.1 Å². The molecular formula is C31H34Cl2F3N3O4S. The summed E-state index contributed by atoms with van der Waals surface area (Å²) in [6, 6.07) is 13.0. The van der Waals surface area contributed by atoms with Gasteiger partial charge in [-0.2, -0.15) is 13.2 Å². The minimum atomic E-state index is -4.76. The third kappa shape index (κ3) is 8.89. The Bertz CT molecular complexity index is 1570. The molecule has 0 saturated carbocycles. The van der Waals surface area contributed by atoms with E-state index in [-0.39, 0.29) is 28.6 Å². The summed E-state index contributed by atoms with van der Waals surface area (Å²) >= 11 is 12.4. The zero-order valence-corrected chi connectivity index (χ0v) is 26.8. The molecule has 0 saturated heterocycles. The highest BCUT2D eigenvalue weighted by Gasteiger charge is 2.36. The zero-order valence-electron chi connectivity index (χ0n) is 24.5. The summed E-state index contributed by atoms with van der Waals surface area (Å²) in [6.07, 6.45) is -3.07. The number of unbranched alkanes of at least 4 members (excludes halogenated alkanes) is 1. The van der Waals surface area contributed by atoms with Crippen LogP contribution in [-0.2, 0) is 32.3 Å². The summed E-state index contributed by atoms with van der Waals surface area (Å²) in [7, 11) is -4.54. The summed E-state index contributed by atoms with van der Waals surface area (Å²) in [4.78, 5) is 28.4. The molecular weight excluding hydrogens is 638 g/mol. The van der Waals surface area contributed by atoms with E-state index in [9.17, 15) is 31.2 Å². The van der Waals surface area contributed by atoms with Crippen LogP contribution in [-0.4, -0.2) is 44.3 Å². The van der Waals surface area contributed by atoms with Crippen LogP contribution in [0, 0.1) is 6.92 Å². The number of nitrogens with zero attached hydrogens (tertiary/aromatic N) is 2. The van der Waals surface area contributed by atoms with Crippen molar-refractivity contribution < 1.29 is 31.2 Å². The van der Waals surface area contributed by atoms with Gasteiger partial charge in [-0.15, -0.1) is 0 Å². The molecule has 0 bridgehead atoms. The topological polar surface area (TPSA) is 86.8 Å². The van der Waals surface area contributed by atoms with Crippen LogP contribution in [0.3, 0.4) is 0 Å². The van der Waals surface area contributed by atoms with Crippen molar-refractivity contribution in [3.05, 3.63) is 93.5 Å². The maximum atomic E-state index is 14.1. The van der Waals surface area contributed by atoms with Gasteiger partial charge in [0.25, 0.3) is 10.0 Å². The SMILES string of the molecule is CCCCNC(=O)[C@@H](CC)N(Cc1ccc(Cl)cc1Cl)C(=O)CN(c1cccc(C(F)(F)F)c1)S(=O)(=O)c1ccc(C)cc1. The number of nitrogens with one attached hydrogen (secondary N) is 1. The number of anilines is 1. The number of hydrogen-bond donors (Lipinski definition) is 1. The van der Waals surface area contributed by atoms with Crippen molar-refractivity contribution in [3.8, 4) is 0 Å². The number of rotatable bonds is 13. The molecule has 0 spiro atoms. The van der Waals surface area contributed by atoms with Crippen molar-refractivity contribution in [2.24, 2.45) is 0 Å². The second-order valence-corrected chi connectivity index (χ2v) is 12.9. The molecule has 238 valence electrons. The molecule has 3 rings (SSSR count). The Morgan fingerprint density at radius 2 is 1.66 bits per heavy atom. The van der Waals surface area contributed by atoms with Gasteiger partial charge in [0.15, 0.2) is 0 Å². The Balaban J connectivity index is 2.12. The van der Waals surface area contributed by atoms with Gasteiger partial charge in [0.05, 0.1) is 16.1 Å². The molecule has 0 radical (unpaired) electrons. The third-order valence-corrected chi connectivity index (χ3v) is 9.30. The van der Waals surface area contributed by atoms with Gasteiger partial charge in [0.2, 0.25) is 11.8 Å². The largest absolute Gasteiger partial charge is 0.416 e. The van der Waals surface area contributed by atoms with Crippen LogP contribution in [0.2, 0.25) is 10.0 Å². The number of carbonyl (C=O) groups excluding carboxylic acids is 2. The van der Waals surface area contributed by atoms with E-state index in [0.717, 1.165) is 24.1 Å². The van der Waals surface area contributed by atoms with Crippen LogP contribution in [0.5, 0.6) is 0 Å². The molecule has 0 aliphatic carbocycles. The van der Waals surface area contributed by atoms with Gasteiger partial charge in [-0.05, 0) is 67.8 Å². The molecule has 2 amide bonds. The lowest BCUT2D eigenvalue weighted by Crippen LogP contribution is -2.52. The summed E-state index contributed by atoms with van der Waals surface area (Å²) in [5.41, 5.74) is -0.246. The van der Waals surface area contributed by atoms with Crippen LogP contribution in [0.4, 0.5) is 18.9 Å². The molecule has 0 heterocycles. The van der Waals surface area contributed by atoms with Gasteiger partial charge >= 0.3 is 6.18 Å². The first-order valence-corrected chi connectivity index (χ1v) is 16.2. The van der Waals surface area contributed by atoms with E-state index < -0.39 is 46.2 Å². The predicted octanol–water partition coefficient (Wildman–Crippen LogP) is 7.24. The van der Waals surface area contributed by atoms with E-state index in [2.05, 4.69) is 5.32 Å². The summed E-state index contributed by atoms with van der Waals surface area (Å²) < 4.78 is 69.4. The van der Waals surface area contributed by atoms with Crippen LogP contribution in [0.1, 0.15) is 49.8 Å². The average Bonchev–Trinajstić information content (AvgIpc) is 2.96. The Hall–Kier alpha value is -3.28. The van der Waals surface area contributed by atoms with Gasteiger partial charge in [-0.1, -0.05) is 73.3 Å². The van der Waals surface area contributed by atoms with Crippen LogP contribution < -0.4 is 9.62 Å². The second kappa shape index (κ2) is 15.1. The lowest BCUT2D eigenvalue weighted by Gasteiger charge is -2.33. The minimum absolute atomic E-state index is 0.170. The summed E-state index contributed by atoms with van der Waals surface area (Å²) in [5.74, 6) is -1.27. The number of amides is 2. The van der Waals surface area contributed by atoms with Gasteiger partial charge < -0.3 is 10.2 Å². The zero-order chi connectivity index (χ0) is 32.7. The minimum Gasteiger partial charge on any atom is -0.354 e. The standard InChI is InChI=1S/C31H34Cl2F3N3O4S/c1-4-6-16-37-30(41)28(5-2)38(19-22-12-13-24(32)18-27(22)33)29(40)20-39(25-9-7-8-23(17-25)31(34,35)36)44(42,43)26-14-10-21(3)11-15-26/h7-15,17-18,28H,4-6,16,19-20H2,1-3H3,(H,37,41)/t28-/m1/s1. The smallest absolute Gasteiger partial charge is 0.354 e. The fraction of sp³-hybridized carbons (Fsp3) is 0.355. The maximum absolute atomic E-state index is 14.1. The third-order valence-electron chi connectivity index (χ3n) is 6.92. The van der Waals surface area contributed by atoms with E-state index in [0.29, 0.717) is 33.9 Å². The molecule has 7 nitrogen and oxygen atoms in total. The molecule has 0 aliphatic rings. The Morgan fingerprint density at radius 3 is 2.25 bits per heavy atom. The first kappa shape index (κ1) is 35.2. The highest BCUT2D eigenvalue weighted by Crippen LogP contribution is 2.34. The van der Waals surface area contributed by atoms with Gasteiger partial charge in [-0.3, -0.25) is 13.9 Å². The number of carbonyl (C=O) groups is 2. The van der Waals surface area contributed by atoms with E-state index in [1.54, 1.807) is 38.1 Å². The summed E-state index contributed by atoms with van der Waals surface area (Å²) in [5, 5.41) is 3.38. The Kier molecular flexibility index (Phi) is 12.1. The van der Waals surface area contributed by atoms with Crippen molar-refractivity contribution >= 4 is 50.7 Å². The Morgan fingerprint density at radius 1 is 0.977 bits per heavy atom. The van der Waals surface area contributed by atoms with Gasteiger partial charge in [-0.25, -0.2) is 8.42 Å². The molecule has 0 unspecified atom stereocenters. The molecule has 1 atom stereocenters. The molecule has 13 heteroatoms. The average molecular weight is 673 g/mol. The second-order valence-electron chi connectivity index (χ2n) is 10.2. The van der Waals surface area contributed by atoms with Crippen LogP contribution >= 0.6 is 23.2 Å². The number of aryl methyl sites for hydroxylation is 1. The highest BCUT2D eigenvalue weighted by atomic mass is 35.5. The van der Waals surface area contributed by atoms with Crippen LogP contribution in [0.25, 0.3) is 0 Å². The normalized spacial score (nSPS) is 12.5. The lowest BCUT2D eigenvalue weighted by atomic mass is 10.1. The van der Waals surface area contributed by atoms with Crippen molar-refractivity contribution in [1.29, 1.82) is 0 Å². The number of alkyl halides is 3. The van der Waals surface area contributed by atoms with E-state index >= 15 is 0 Å². The summed E-state index contributed by atoms with van der Waals surface area (Å²) in [6.45, 7) is 4.70. The monoisotopic (exact) mass is 671 g/mol. The first-order valence-electron chi connectivity index (χ1n) is 14.0. The number of hydrogen-bond acceptors (Lipinski definition) is 4. The maximum Gasteiger partial charge on any atom is 0.416 e. The number of benzene rings is 3. The fourth-order valence-corrected chi connectivity index (χ4v) is 6.34. The predicted molar refractivity (Wildman–Crippen MR) is 166 cm³/mol. The van der Waals surface area contributed by atoms with Crippen molar-refractivity contribution in [1.82, 2.24) is 10.2 Å². The van der Waals surface area contributed by atoms with E-state index in [1.165, 1.54) is 29.2 Å². The van der Waals surface area contributed by atoms with Crippen molar-refractivity contribution in [2.75, 3.05) is 17.4 Å². The molecule has 3 aromatic rings. The lowest BCUT2D eigenvalue weighted by molar-refractivity contribution is -0.140. The first-order chi connectivity index (χ1) is 20.7. The van der Waals surface area contributed by atoms with Gasteiger partial charge in [0.1, 0.15) is 12.6 Å². The molecule has 0 fully saturated rings. The fourth-order valence-electron chi connectivity index (χ4n) is 4.46. The molecule has 0 aromatic heterocycles. The molecule has 44 heavy (non-hydrogen) atoms. The van der Waals surface area contributed by atoms with E-state index in [1.807, 2.05) is 6.92 Å².